The van der Waals surface area contributed by atoms with Crippen LogP contribution < -0.4 is 5.32 Å². The molecule has 3 amide bonds. The molecule has 9 nitrogen and oxygen atoms in total. The van der Waals surface area contributed by atoms with Crippen LogP contribution in [0.2, 0.25) is 0 Å². The molecule has 1 aliphatic heterocycles. The van der Waals surface area contributed by atoms with Crippen molar-refractivity contribution in [1.29, 1.82) is 0 Å². The van der Waals surface area contributed by atoms with Crippen molar-refractivity contribution in [3.8, 4) is 11.3 Å². The molecule has 0 saturated carbocycles. The molecule has 1 aromatic heterocycles. The van der Waals surface area contributed by atoms with Gasteiger partial charge in [0.2, 0.25) is 5.91 Å². The molecule has 0 bridgehead atoms. The van der Waals surface area contributed by atoms with Crippen LogP contribution in [0.15, 0.2) is 63.9 Å². The number of aryl methyl sites for hydroxylation is 2. The smallest absolute Gasteiger partial charge is 0.294 e. The number of anilines is 1. The first kappa shape index (κ1) is 23.0. The number of thioether (sulfide) groups is 1. The molecule has 2 aromatic carbocycles. The Hall–Kier alpha value is -4.18. The molecule has 4 rings (SSSR count). The Morgan fingerprint density at radius 2 is 1.91 bits per heavy atom. The van der Waals surface area contributed by atoms with Gasteiger partial charge in [-0.2, -0.15) is 0 Å². The van der Waals surface area contributed by atoms with Crippen molar-refractivity contribution in [3.63, 3.8) is 0 Å². The first-order valence-corrected chi connectivity index (χ1v) is 11.0. The van der Waals surface area contributed by atoms with Gasteiger partial charge in [0, 0.05) is 17.8 Å². The fraction of sp³-hybridized carbons (Fsp3) is 0.125. The predicted octanol–water partition coefficient (Wildman–Crippen LogP) is 5.15. The Kier molecular flexibility index (Phi) is 6.33. The standard InChI is InChI=1S/C24H19N3O6S/c1-14-7-9-17(19(11-14)27(31)32)20-10-8-16(33-20)12-21-23(29)26(24(30)34-21)13-22(28)25-18-6-4-3-5-15(18)2/h3-12H,13H2,1-2H3,(H,25,28)/b21-12+. The molecule has 1 fully saturated rings. The summed E-state index contributed by atoms with van der Waals surface area (Å²) in [6.45, 7) is 3.17. The number of nitro benzene ring substituents is 1. The molecule has 1 saturated heterocycles. The lowest BCUT2D eigenvalue weighted by Crippen LogP contribution is -2.36. The van der Waals surface area contributed by atoms with Gasteiger partial charge < -0.3 is 9.73 Å². The number of carbonyl (C=O) groups is 3. The second-order valence-corrected chi connectivity index (χ2v) is 8.60. The van der Waals surface area contributed by atoms with Crippen molar-refractivity contribution >= 4 is 46.3 Å². The number of nitro groups is 1. The fourth-order valence-electron chi connectivity index (χ4n) is 3.39. The maximum absolute atomic E-state index is 12.7. The number of furan rings is 1. The van der Waals surface area contributed by atoms with E-state index >= 15 is 0 Å². The Bertz CT molecular complexity index is 1360. The number of hydrogen-bond acceptors (Lipinski definition) is 7. The first-order chi connectivity index (χ1) is 16.2. The second-order valence-electron chi connectivity index (χ2n) is 7.61. The maximum Gasteiger partial charge on any atom is 0.294 e. The van der Waals surface area contributed by atoms with Gasteiger partial charge in [-0.15, -0.1) is 0 Å². The van der Waals surface area contributed by atoms with Gasteiger partial charge in [-0.3, -0.25) is 29.4 Å². The molecule has 0 atom stereocenters. The van der Waals surface area contributed by atoms with Gasteiger partial charge in [0.25, 0.3) is 16.8 Å². The van der Waals surface area contributed by atoms with Gasteiger partial charge >= 0.3 is 0 Å². The molecule has 3 aromatic rings. The molecule has 1 N–H and O–H groups in total. The average molecular weight is 477 g/mol. The van der Waals surface area contributed by atoms with E-state index in [0.717, 1.165) is 16.0 Å². The van der Waals surface area contributed by atoms with E-state index < -0.39 is 28.5 Å². The SMILES string of the molecule is Cc1ccc(-c2ccc(/C=C3/SC(=O)N(CC(=O)Nc4ccccc4C)C3=O)o2)c([N+](=O)[O-])c1. The highest BCUT2D eigenvalue weighted by Crippen LogP contribution is 2.35. The summed E-state index contributed by atoms with van der Waals surface area (Å²) in [5.74, 6) is -0.603. The third-order valence-electron chi connectivity index (χ3n) is 5.11. The average Bonchev–Trinajstić information content (AvgIpc) is 3.35. The van der Waals surface area contributed by atoms with Gasteiger partial charge in [0.15, 0.2) is 0 Å². The zero-order chi connectivity index (χ0) is 24.4. The molecular formula is C24H19N3O6S. The van der Waals surface area contributed by atoms with E-state index in [1.54, 1.807) is 43.3 Å². The highest BCUT2D eigenvalue weighted by Gasteiger charge is 2.36. The summed E-state index contributed by atoms with van der Waals surface area (Å²) >= 11 is 0.693. The maximum atomic E-state index is 12.7. The molecule has 0 aliphatic carbocycles. The van der Waals surface area contributed by atoms with Gasteiger partial charge in [-0.25, -0.2) is 0 Å². The van der Waals surface area contributed by atoms with Gasteiger partial charge in [0.05, 0.1) is 15.4 Å². The van der Waals surface area contributed by atoms with Crippen LogP contribution in [0.3, 0.4) is 0 Å². The molecule has 0 unspecified atom stereocenters. The number of para-hydroxylation sites is 1. The van der Waals surface area contributed by atoms with Gasteiger partial charge in [-0.05, 0) is 61.0 Å². The highest BCUT2D eigenvalue weighted by atomic mass is 32.2. The number of rotatable bonds is 6. The van der Waals surface area contributed by atoms with Crippen molar-refractivity contribution < 1.29 is 23.7 Å². The number of nitrogens with zero attached hydrogens (tertiary/aromatic N) is 2. The monoisotopic (exact) mass is 477 g/mol. The number of amides is 3. The third-order valence-corrected chi connectivity index (χ3v) is 6.02. The Morgan fingerprint density at radius 1 is 1.15 bits per heavy atom. The summed E-state index contributed by atoms with van der Waals surface area (Å²) in [5.41, 5.74) is 2.40. The lowest BCUT2D eigenvalue weighted by molar-refractivity contribution is -0.384. The summed E-state index contributed by atoms with van der Waals surface area (Å²) in [7, 11) is 0. The minimum Gasteiger partial charge on any atom is -0.456 e. The molecule has 2 heterocycles. The van der Waals surface area contributed by atoms with E-state index in [9.17, 15) is 24.5 Å². The number of nitrogens with one attached hydrogen (secondary N) is 1. The molecule has 0 radical (unpaired) electrons. The van der Waals surface area contributed by atoms with E-state index in [0.29, 0.717) is 23.0 Å². The van der Waals surface area contributed by atoms with Crippen LogP contribution >= 0.6 is 11.8 Å². The Morgan fingerprint density at radius 3 is 2.65 bits per heavy atom. The highest BCUT2D eigenvalue weighted by molar-refractivity contribution is 8.18. The van der Waals surface area contributed by atoms with Crippen LogP contribution in [-0.4, -0.2) is 33.4 Å². The third kappa shape index (κ3) is 4.76. The Labute approximate surface area is 198 Å². The van der Waals surface area contributed by atoms with Crippen molar-refractivity contribution in [2.24, 2.45) is 0 Å². The zero-order valence-corrected chi connectivity index (χ0v) is 19.0. The normalized spacial score (nSPS) is 14.6. The van der Waals surface area contributed by atoms with Gasteiger partial charge in [-0.1, -0.05) is 24.3 Å². The first-order valence-electron chi connectivity index (χ1n) is 10.2. The van der Waals surface area contributed by atoms with E-state index in [-0.39, 0.29) is 22.1 Å². The molecule has 172 valence electrons. The topological polar surface area (TPSA) is 123 Å². The second kappa shape index (κ2) is 9.36. The van der Waals surface area contributed by atoms with Crippen LogP contribution in [0.5, 0.6) is 0 Å². The number of carbonyl (C=O) groups excluding carboxylic acids is 3. The summed E-state index contributed by atoms with van der Waals surface area (Å²) in [5, 5.41) is 13.5. The fourth-order valence-corrected chi connectivity index (χ4v) is 4.21. The van der Waals surface area contributed by atoms with Crippen LogP contribution in [-0.2, 0) is 9.59 Å². The molecule has 1 aliphatic rings. The van der Waals surface area contributed by atoms with Crippen molar-refractivity contribution in [3.05, 3.63) is 86.5 Å². The van der Waals surface area contributed by atoms with Crippen molar-refractivity contribution in [2.45, 2.75) is 13.8 Å². The number of benzene rings is 2. The summed E-state index contributed by atoms with van der Waals surface area (Å²) in [6, 6.07) is 15.1. The minimum absolute atomic E-state index is 0.0907. The number of hydrogen-bond donors (Lipinski definition) is 1. The largest absolute Gasteiger partial charge is 0.456 e. The number of imide groups is 1. The summed E-state index contributed by atoms with van der Waals surface area (Å²) < 4.78 is 5.70. The molecule has 10 heteroatoms. The van der Waals surface area contributed by atoms with Crippen LogP contribution in [0.25, 0.3) is 17.4 Å². The van der Waals surface area contributed by atoms with Gasteiger partial charge in [0.1, 0.15) is 18.1 Å². The molecule has 34 heavy (non-hydrogen) atoms. The molecular weight excluding hydrogens is 458 g/mol. The van der Waals surface area contributed by atoms with Crippen molar-refractivity contribution in [2.75, 3.05) is 11.9 Å². The van der Waals surface area contributed by atoms with E-state index in [2.05, 4.69) is 5.32 Å². The van der Waals surface area contributed by atoms with E-state index in [1.807, 2.05) is 19.1 Å². The lowest BCUT2D eigenvalue weighted by Gasteiger charge is -2.13. The lowest BCUT2D eigenvalue weighted by atomic mass is 10.1. The summed E-state index contributed by atoms with van der Waals surface area (Å²) in [6.07, 6.45) is 1.38. The minimum atomic E-state index is -0.616. The Balaban J connectivity index is 1.50. The van der Waals surface area contributed by atoms with E-state index in [1.165, 1.54) is 12.1 Å². The molecule has 0 spiro atoms. The zero-order valence-electron chi connectivity index (χ0n) is 18.2. The summed E-state index contributed by atoms with van der Waals surface area (Å²) in [4.78, 5) is 49.3. The van der Waals surface area contributed by atoms with Crippen LogP contribution in [0.4, 0.5) is 16.2 Å². The van der Waals surface area contributed by atoms with Crippen LogP contribution in [0.1, 0.15) is 16.9 Å². The van der Waals surface area contributed by atoms with Crippen molar-refractivity contribution in [1.82, 2.24) is 4.90 Å². The quantitative estimate of drug-likeness (QED) is 0.296. The van der Waals surface area contributed by atoms with Crippen LogP contribution in [0, 0.1) is 24.0 Å². The van der Waals surface area contributed by atoms with E-state index in [4.69, 9.17) is 4.42 Å². The predicted molar refractivity (Wildman–Crippen MR) is 128 cm³/mol.